The van der Waals surface area contributed by atoms with Crippen LogP contribution in [-0.2, 0) is 0 Å². The second-order valence-corrected chi connectivity index (χ2v) is 2.71. The molecule has 0 fully saturated rings. The van der Waals surface area contributed by atoms with Crippen LogP contribution in [0, 0.1) is 17.8 Å². The van der Waals surface area contributed by atoms with Crippen molar-refractivity contribution in [2.75, 3.05) is 0 Å². The molecule has 0 saturated heterocycles. The zero-order valence-corrected chi connectivity index (χ0v) is 6.70. The molecule has 0 nitrogen and oxygen atoms in total. The van der Waals surface area contributed by atoms with Crippen LogP contribution >= 0.6 is 0 Å². The fraction of sp³-hybridized carbons (Fsp3) is 0.778. The van der Waals surface area contributed by atoms with Crippen LogP contribution in [0.2, 0.25) is 0 Å². The van der Waals surface area contributed by atoms with Gasteiger partial charge in [0.1, 0.15) is 0 Å². The van der Waals surface area contributed by atoms with Gasteiger partial charge in [-0.05, 0) is 19.3 Å². The minimum absolute atomic E-state index is 0.837. The summed E-state index contributed by atoms with van der Waals surface area (Å²) in [5.74, 6) is 6.78. The van der Waals surface area contributed by atoms with E-state index in [4.69, 9.17) is 0 Å². The lowest BCUT2D eigenvalue weighted by molar-refractivity contribution is 0.562. The summed E-state index contributed by atoms with van der Waals surface area (Å²) in [4.78, 5) is 0. The molecule has 0 rings (SSSR count). The van der Waals surface area contributed by atoms with E-state index < -0.39 is 0 Å². The van der Waals surface area contributed by atoms with Gasteiger partial charge in [-0.2, -0.15) is 0 Å². The summed E-state index contributed by atoms with van der Waals surface area (Å²) < 4.78 is 0. The van der Waals surface area contributed by atoms with Gasteiger partial charge in [-0.3, -0.25) is 0 Å². The summed E-state index contributed by atoms with van der Waals surface area (Å²) in [7, 11) is 0. The molecule has 0 aliphatic carbocycles. The molecule has 0 aromatic carbocycles. The van der Waals surface area contributed by atoms with Crippen molar-refractivity contribution in [3.8, 4) is 11.8 Å². The van der Waals surface area contributed by atoms with Gasteiger partial charge in [0, 0.05) is 6.42 Å². The van der Waals surface area contributed by atoms with E-state index in [1.165, 1.54) is 12.8 Å². The molecule has 52 valence electrons. The predicted octanol–water partition coefficient (Wildman–Crippen LogP) is 2.84. The summed E-state index contributed by atoms with van der Waals surface area (Å²) >= 11 is 0. The molecule has 0 unspecified atom stereocenters. The van der Waals surface area contributed by atoms with E-state index in [-0.39, 0.29) is 0 Å². The first-order valence-electron chi connectivity index (χ1n) is 3.67. The lowest BCUT2D eigenvalue weighted by Crippen LogP contribution is -1.84. The summed E-state index contributed by atoms with van der Waals surface area (Å²) in [5.41, 5.74) is 0. The molecule has 0 aromatic rings. The van der Waals surface area contributed by atoms with Crippen LogP contribution in [0.25, 0.3) is 0 Å². The third-order valence-corrected chi connectivity index (χ3v) is 1.26. The smallest absolute Gasteiger partial charge is 0.00886 e. The van der Waals surface area contributed by atoms with Gasteiger partial charge in [0.05, 0.1) is 0 Å². The number of unbranched alkanes of at least 4 members (excludes halogenated alkanes) is 1. The largest absolute Gasteiger partial charge is 0.107 e. The van der Waals surface area contributed by atoms with Crippen LogP contribution in [0.15, 0.2) is 0 Å². The van der Waals surface area contributed by atoms with E-state index in [1.54, 1.807) is 0 Å². The molecule has 0 heterocycles. The van der Waals surface area contributed by atoms with Gasteiger partial charge in [-0.1, -0.05) is 20.3 Å². The molecule has 0 aromatic heterocycles. The lowest BCUT2D eigenvalue weighted by atomic mass is 10.1. The maximum atomic E-state index is 3.05. The first kappa shape index (κ1) is 8.56. The Hall–Kier alpha value is -0.440. The molecule has 0 amide bonds. The van der Waals surface area contributed by atoms with Gasteiger partial charge in [0.2, 0.25) is 0 Å². The second kappa shape index (κ2) is 5.69. The molecule has 0 atom stereocenters. The first-order chi connectivity index (χ1) is 4.27. The molecule has 9 heavy (non-hydrogen) atoms. The van der Waals surface area contributed by atoms with Crippen molar-refractivity contribution in [2.45, 2.75) is 40.0 Å². The van der Waals surface area contributed by atoms with E-state index in [2.05, 4.69) is 25.7 Å². The van der Waals surface area contributed by atoms with Crippen molar-refractivity contribution in [2.24, 2.45) is 5.92 Å². The number of hydrogen-bond acceptors (Lipinski definition) is 0. The highest BCUT2D eigenvalue weighted by atomic mass is 14.0. The highest BCUT2D eigenvalue weighted by molar-refractivity contribution is 4.94. The summed E-state index contributed by atoms with van der Waals surface area (Å²) in [6, 6.07) is 0. The minimum Gasteiger partial charge on any atom is -0.107 e. The van der Waals surface area contributed by atoms with Gasteiger partial charge < -0.3 is 0 Å². The van der Waals surface area contributed by atoms with Crippen molar-refractivity contribution in [3.05, 3.63) is 0 Å². The first-order valence-corrected chi connectivity index (χ1v) is 3.67. The van der Waals surface area contributed by atoms with Gasteiger partial charge in [-0.15, -0.1) is 11.8 Å². The van der Waals surface area contributed by atoms with Crippen LogP contribution in [0.5, 0.6) is 0 Å². The molecule has 0 N–H and O–H groups in total. The van der Waals surface area contributed by atoms with Crippen molar-refractivity contribution in [1.82, 2.24) is 0 Å². The Bertz CT molecular complexity index is 101. The molecular formula is C9H16. The SMILES string of the molecule is CC#CCCCC(C)C. The molecule has 0 spiro atoms. The van der Waals surface area contributed by atoms with Crippen LogP contribution in [-0.4, -0.2) is 0 Å². The molecule has 0 radical (unpaired) electrons. The summed E-state index contributed by atoms with van der Waals surface area (Å²) in [6.07, 6.45) is 3.65. The quantitative estimate of drug-likeness (QED) is 0.401. The van der Waals surface area contributed by atoms with Crippen LogP contribution in [0.3, 0.4) is 0 Å². The fourth-order valence-electron chi connectivity index (χ4n) is 0.724. The van der Waals surface area contributed by atoms with Crippen LogP contribution in [0.1, 0.15) is 40.0 Å². The second-order valence-electron chi connectivity index (χ2n) is 2.71. The van der Waals surface area contributed by atoms with Gasteiger partial charge in [-0.25, -0.2) is 0 Å². The Morgan fingerprint density at radius 2 is 2.00 bits per heavy atom. The van der Waals surface area contributed by atoms with E-state index in [9.17, 15) is 0 Å². The number of hydrogen-bond donors (Lipinski definition) is 0. The molecule has 0 saturated carbocycles. The third-order valence-electron chi connectivity index (χ3n) is 1.26. The maximum absolute atomic E-state index is 3.05. The average molecular weight is 124 g/mol. The standard InChI is InChI=1S/C9H16/c1-4-5-6-7-8-9(2)3/h9H,6-8H2,1-3H3. The minimum atomic E-state index is 0.837. The fourth-order valence-corrected chi connectivity index (χ4v) is 0.724. The molecule has 0 bridgehead atoms. The van der Waals surface area contributed by atoms with Crippen LogP contribution < -0.4 is 0 Å². The number of rotatable bonds is 3. The normalized spacial score (nSPS) is 8.89. The Labute approximate surface area is 58.7 Å². The Morgan fingerprint density at radius 3 is 2.44 bits per heavy atom. The van der Waals surface area contributed by atoms with E-state index in [1.807, 2.05) is 6.92 Å². The Kier molecular flexibility index (Phi) is 5.41. The van der Waals surface area contributed by atoms with E-state index in [0.29, 0.717) is 0 Å². The van der Waals surface area contributed by atoms with E-state index >= 15 is 0 Å². The monoisotopic (exact) mass is 124 g/mol. The van der Waals surface area contributed by atoms with Gasteiger partial charge in [0.15, 0.2) is 0 Å². The summed E-state index contributed by atoms with van der Waals surface area (Å²) in [5, 5.41) is 0. The highest BCUT2D eigenvalue weighted by Gasteiger charge is 1.90. The van der Waals surface area contributed by atoms with Gasteiger partial charge >= 0.3 is 0 Å². The summed E-state index contributed by atoms with van der Waals surface area (Å²) in [6.45, 7) is 6.40. The zero-order valence-electron chi connectivity index (χ0n) is 6.70. The molecular weight excluding hydrogens is 108 g/mol. The van der Waals surface area contributed by atoms with Crippen molar-refractivity contribution in [1.29, 1.82) is 0 Å². The Balaban J connectivity index is 2.98. The molecule has 0 heteroatoms. The Morgan fingerprint density at radius 1 is 1.33 bits per heavy atom. The maximum Gasteiger partial charge on any atom is 0.00886 e. The zero-order chi connectivity index (χ0) is 7.11. The van der Waals surface area contributed by atoms with Gasteiger partial charge in [0.25, 0.3) is 0 Å². The topological polar surface area (TPSA) is 0 Å². The van der Waals surface area contributed by atoms with Crippen LogP contribution in [0.4, 0.5) is 0 Å². The van der Waals surface area contributed by atoms with Crippen molar-refractivity contribution < 1.29 is 0 Å². The highest BCUT2D eigenvalue weighted by Crippen LogP contribution is 2.04. The molecule has 0 aliphatic heterocycles. The molecule has 0 aliphatic rings. The lowest BCUT2D eigenvalue weighted by Gasteiger charge is -1.98. The van der Waals surface area contributed by atoms with Crippen molar-refractivity contribution in [3.63, 3.8) is 0 Å². The van der Waals surface area contributed by atoms with E-state index in [0.717, 1.165) is 12.3 Å². The predicted molar refractivity (Wildman–Crippen MR) is 42.1 cm³/mol. The third kappa shape index (κ3) is 7.56. The van der Waals surface area contributed by atoms with Crippen molar-refractivity contribution >= 4 is 0 Å². The average Bonchev–Trinajstić information content (AvgIpc) is 1.80.